The number of anilines is 2. The van der Waals surface area contributed by atoms with Crippen molar-refractivity contribution in [3.63, 3.8) is 0 Å². The molecule has 7 heteroatoms. The molecular formula is C18H17BrN4O2. The quantitative estimate of drug-likeness (QED) is 0.728. The number of nitrogens with one attached hydrogen (secondary N) is 3. The lowest BCUT2D eigenvalue weighted by molar-refractivity contribution is -0.125. The van der Waals surface area contributed by atoms with Crippen molar-refractivity contribution in [2.45, 2.75) is 13.8 Å². The number of carbonyl (C=O) groups is 2. The fraction of sp³-hybridized carbons (Fsp3) is 0.167. The Morgan fingerprint density at radius 2 is 1.72 bits per heavy atom. The lowest BCUT2D eigenvalue weighted by Crippen LogP contribution is -2.32. The molecular weight excluding hydrogens is 384 g/mol. The number of hydrazone groups is 1. The number of hydrogen-bond donors (Lipinski definition) is 3. The molecule has 1 heterocycles. The van der Waals surface area contributed by atoms with E-state index in [1.54, 1.807) is 18.2 Å². The van der Waals surface area contributed by atoms with E-state index in [1.807, 2.05) is 44.2 Å². The van der Waals surface area contributed by atoms with Crippen molar-refractivity contribution in [2.75, 3.05) is 10.6 Å². The highest BCUT2D eigenvalue weighted by molar-refractivity contribution is 9.10. The van der Waals surface area contributed by atoms with Crippen LogP contribution >= 0.6 is 15.9 Å². The minimum Gasteiger partial charge on any atom is -0.308 e. The van der Waals surface area contributed by atoms with Gasteiger partial charge in [0, 0.05) is 21.4 Å². The maximum Gasteiger partial charge on any atom is 0.323 e. The highest BCUT2D eigenvalue weighted by Crippen LogP contribution is 2.28. The summed E-state index contributed by atoms with van der Waals surface area (Å²) in [6, 6.07) is 14.2. The Labute approximate surface area is 153 Å². The molecule has 0 atom stereocenters. The predicted molar refractivity (Wildman–Crippen MR) is 102 cm³/mol. The van der Waals surface area contributed by atoms with E-state index in [4.69, 9.17) is 0 Å². The van der Waals surface area contributed by atoms with Gasteiger partial charge >= 0.3 is 6.03 Å². The largest absolute Gasteiger partial charge is 0.323 e. The normalized spacial score (nSPS) is 15.3. The Hall–Kier alpha value is -2.67. The van der Waals surface area contributed by atoms with Gasteiger partial charge in [-0.1, -0.05) is 34.1 Å². The highest BCUT2D eigenvalue weighted by atomic mass is 79.9. The third-order valence-electron chi connectivity index (χ3n) is 3.91. The van der Waals surface area contributed by atoms with Crippen LogP contribution in [0.5, 0.6) is 0 Å². The predicted octanol–water partition coefficient (Wildman–Crippen LogP) is 3.95. The minimum absolute atomic E-state index is 0.145. The number of urea groups is 1. The van der Waals surface area contributed by atoms with Crippen LogP contribution in [0, 0.1) is 5.41 Å². The first-order valence-electron chi connectivity index (χ1n) is 7.69. The van der Waals surface area contributed by atoms with E-state index < -0.39 is 5.41 Å². The second kappa shape index (κ2) is 6.68. The summed E-state index contributed by atoms with van der Waals surface area (Å²) in [5.41, 5.74) is 4.51. The second-order valence-corrected chi connectivity index (χ2v) is 7.11. The Balaban J connectivity index is 1.74. The van der Waals surface area contributed by atoms with E-state index in [1.165, 1.54) is 0 Å². The van der Waals surface area contributed by atoms with E-state index in [-0.39, 0.29) is 11.9 Å². The van der Waals surface area contributed by atoms with Gasteiger partial charge in [0.2, 0.25) is 0 Å². The van der Waals surface area contributed by atoms with E-state index >= 15 is 0 Å². The van der Waals surface area contributed by atoms with Crippen LogP contribution < -0.4 is 16.1 Å². The van der Waals surface area contributed by atoms with Gasteiger partial charge in [0.1, 0.15) is 0 Å². The van der Waals surface area contributed by atoms with Crippen molar-refractivity contribution in [1.82, 2.24) is 5.43 Å². The van der Waals surface area contributed by atoms with Crippen molar-refractivity contribution in [1.29, 1.82) is 0 Å². The standard InChI is InChI=1S/C18H17BrN4O2/c1-18(2)15(22-23-16(18)24)11-5-3-7-13(9-11)20-17(25)21-14-8-4-6-12(19)10-14/h3-10H,1-2H3,(H,23,24)(H2,20,21,25). The number of benzene rings is 2. The minimum atomic E-state index is -0.711. The van der Waals surface area contributed by atoms with Gasteiger partial charge in [-0.25, -0.2) is 10.2 Å². The SMILES string of the molecule is CC1(C)C(=O)NN=C1c1cccc(NC(=O)Nc2cccc(Br)c2)c1. The molecule has 0 saturated carbocycles. The van der Waals surface area contributed by atoms with Crippen LogP contribution in [0.25, 0.3) is 0 Å². The molecule has 0 unspecified atom stereocenters. The fourth-order valence-corrected chi connectivity index (χ4v) is 2.92. The number of carbonyl (C=O) groups excluding carboxylic acids is 2. The van der Waals surface area contributed by atoms with Gasteiger partial charge in [-0.2, -0.15) is 5.10 Å². The zero-order chi connectivity index (χ0) is 18.0. The van der Waals surface area contributed by atoms with Gasteiger partial charge in [-0.15, -0.1) is 0 Å². The molecule has 0 radical (unpaired) electrons. The molecule has 2 aromatic rings. The van der Waals surface area contributed by atoms with Crippen molar-refractivity contribution in [3.8, 4) is 0 Å². The van der Waals surface area contributed by atoms with E-state index in [0.717, 1.165) is 10.0 Å². The molecule has 6 nitrogen and oxygen atoms in total. The molecule has 25 heavy (non-hydrogen) atoms. The van der Waals surface area contributed by atoms with Crippen LogP contribution in [0.15, 0.2) is 58.1 Å². The molecule has 3 amide bonds. The average molecular weight is 401 g/mol. The zero-order valence-electron chi connectivity index (χ0n) is 13.8. The van der Waals surface area contributed by atoms with Crippen LogP contribution in [0.4, 0.5) is 16.2 Å². The van der Waals surface area contributed by atoms with E-state index in [9.17, 15) is 9.59 Å². The first-order chi connectivity index (χ1) is 11.9. The smallest absolute Gasteiger partial charge is 0.308 e. The number of hydrogen-bond acceptors (Lipinski definition) is 3. The topological polar surface area (TPSA) is 82.6 Å². The van der Waals surface area contributed by atoms with E-state index in [0.29, 0.717) is 17.1 Å². The van der Waals surface area contributed by atoms with Crippen LogP contribution in [-0.4, -0.2) is 17.6 Å². The summed E-state index contributed by atoms with van der Waals surface area (Å²) in [6.45, 7) is 3.63. The summed E-state index contributed by atoms with van der Waals surface area (Å²) in [5.74, 6) is -0.145. The maximum atomic E-state index is 12.2. The highest BCUT2D eigenvalue weighted by Gasteiger charge is 2.39. The second-order valence-electron chi connectivity index (χ2n) is 6.20. The van der Waals surface area contributed by atoms with Gasteiger partial charge < -0.3 is 10.6 Å². The number of amides is 3. The van der Waals surface area contributed by atoms with Crippen molar-refractivity contribution >= 4 is 45.0 Å². The summed E-state index contributed by atoms with van der Waals surface area (Å²) in [7, 11) is 0. The molecule has 128 valence electrons. The monoisotopic (exact) mass is 400 g/mol. The summed E-state index contributed by atoms with van der Waals surface area (Å²) in [5, 5.41) is 9.67. The molecule has 0 bridgehead atoms. The van der Waals surface area contributed by atoms with Gasteiger partial charge in [0.25, 0.3) is 5.91 Å². The van der Waals surface area contributed by atoms with Crippen molar-refractivity contribution < 1.29 is 9.59 Å². The third kappa shape index (κ3) is 3.71. The van der Waals surface area contributed by atoms with Crippen LogP contribution in [-0.2, 0) is 4.79 Å². The Bertz CT molecular complexity index is 877. The van der Waals surface area contributed by atoms with Gasteiger partial charge in [-0.05, 0) is 44.2 Å². The first-order valence-corrected chi connectivity index (χ1v) is 8.48. The Morgan fingerprint density at radius 3 is 2.32 bits per heavy atom. The fourth-order valence-electron chi connectivity index (χ4n) is 2.52. The molecule has 3 rings (SSSR count). The van der Waals surface area contributed by atoms with Crippen LogP contribution in [0.3, 0.4) is 0 Å². The van der Waals surface area contributed by atoms with E-state index in [2.05, 4.69) is 37.1 Å². The number of rotatable bonds is 3. The van der Waals surface area contributed by atoms with Gasteiger partial charge in [0.05, 0.1) is 11.1 Å². The molecule has 0 fully saturated rings. The number of nitrogens with zero attached hydrogens (tertiary/aromatic N) is 1. The molecule has 2 aromatic carbocycles. The number of halogens is 1. The van der Waals surface area contributed by atoms with Crippen molar-refractivity contribution in [2.24, 2.45) is 10.5 Å². The molecule has 0 saturated heterocycles. The van der Waals surface area contributed by atoms with Gasteiger partial charge in [0.15, 0.2) is 0 Å². The summed E-state index contributed by atoms with van der Waals surface area (Å²) in [4.78, 5) is 24.0. The third-order valence-corrected chi connectivity index (χ3v) is 4.40. The summed E-state index contributed by atoms with van der Waals surface area (Å²) in [6.07, 6.45) is 0. The Kier molecular flexibility index (Phi) is 4.59. The molecule has 0 aliphatic carbocycles. The first kappa shape index (κ1) is 17.2. The molecule has 1 aliphatic heterocycles. The van der Waals surface area contributed by atoms with Crippen LogP contribution in [0.2, 0.25) is 0 Å². The van der Waals surface area contributed by atoms with Crippen molar-refractivity contribution in [3.05, 3.63) is 58.6 Å². The summed E-state index contributed by atoms with van der Waals surface area (Å²) >= 11 is 3.36. The van der Waals surface area contributed by atoms with Gasteiger partial charge in [-0.3, -0.25) is 4.79 Å². The molecule has 1 aliphatic rings. The zero-order valence-corrected chi connectivity index (χ0v) is 15.3. The Morgan fingerprint density at radius 1 is 1.08 bits per heavy atom. The molecule has 0 spiro atoms. The summed E-state index contributed by atoms with van der Waals surface area (Å²) < 4.78 is 0.881. The molecule has 0 aromatic heterocycles. The maximum absolute atomic E-state index is 12.2. The molecule has 3 N–H and O–H groups in total. The lowest BCUT2D eigenvalue weighted by Gasteiger charge is -2.17. The van der Waals surface area contributed by atoms with Crippen LogP contribution in [0.1, 0.15) is 19.4 Å². The lowest BCUT2D eigenvalue weighted by atomic mass is 9.84. The average Bonchev–Trinajstić information content (AvgIpc) is 2.81.